The third-order valence-corrected chi connectivity index (χ3v) is 3.20. The molecule has 1 unspecified atom stereocenters. The summed E-state index contributed by atoms with van der Waals surface area (Å²) in [5, 5.41) is 4.39. The van der Waals surface area contributed by atoms with Crippen LogP contribution in [0.5, 0.6) is 5.75 Å². The fourth-order valence-corrected chi connectivity index (χ4v) is 2.29. The number of ether oxygens (including phenoxy) is 1. The van der Waals surface area contributed by atoms with E-state index in [1.165, 1.54) is 10.9 Å². The number of benzene rings is 1. The van der Waals surface area contributed by atoms with E-state index in [1.54, 1.807) is 0 Å². The number of anilines is 1. The van der Waals surface area contributed by atoms with Gasteiger partial charge in [0.25, 0.3) is 0 Å². The van der Waals surface area contributed by atoms with Gasteiger partial charge in [-0.15, -0.1) is 15.7 Å². The van der Waals surface area contributed by atoms with E-state index in [2.05, 4.69) is 40.4 Å². The van der Waals surface area contributed by atoms with E-state index in [0.29, 0.717) is 6.54 Å². The molecular formula is C13H16NOP. The maximum Gasteiger partial charge on any atom is 0.147 e. The molecule has 1 aliphatic rings. The van der Waals surface area contributed by atoms with E-state index in [-0.39, 0.29) is 5.60 Å². The molecule has 1 aliphatic heterocycles. The van der Waals surface area contributed by atoms with E-state index in [0.717, 1.165) is 17.9 Å². The quantitative estimate of drug-likeness (QED) is 0.622. The minimum absolute atomic E-state index is 0.123. The Morgan fingerprint density at radius 2 is 2.31 bits per heavy atom. The molecule has 0 aliphatic carbocycles. The summed E-state index contributed by atoms with van der Waals surface area (Å²) in [5.74, 6) is 3.52. The molecular weight excluding hydrogens is 217 g/mol. The molecule has 0 bridgehead atoms. The van der Waals surface area contributed by atoms with E-state index < -0.39 is 0 Å². The lowest BCUT2D eigenvalue weighted by atomic mass is 10.0. The van der Waals surface area contributed by atoms with Crippen LogP contribution in [0.3, 0.4) is 0 Å². The molecule has 0 aromatic heterocycles. The first kappa shape index (κ1) is 11.3. The Hall–Kier alpha value is -1.19. The van der Waals surface area contributed by atoms with Crippen LogP contribution in [0, 0.1) is 12.3 Å². The highest BCUT2D eigenvalue weighted by Crippen LogP contribution is 2.40. The number of fused-ring (bicyclic) bond motifs is 1. The SMILES string of the molecule is C#CCNc1ccc(P)c2c1OC(C)(C)C2. The largest absolute Gasteiger partial charge is 0.485 e. The summed E-state index contributed by atoms with van der Waals surface area (Å²) in [7, 11) is 2.76. The smallest absolute Gasteiger partial charge is 0.147 e. The molecule has 2 nitrogen and oxygen atoms in total. The Morgan fingerprint density at radius 1 is 1.56 bits per heavy atom. The van der Waals surface area contributed by atoms with E-state index in [9.17, 15) is 0 Å². The lowest BCUT2D eigenvalue weighted by Crippen LogP contribution is -2.25. The Balaban J connectivity index is 2.39. The van der Waals surface area contributed by atoms with Gasteiger partial charge < -0.3 is 10.1 Å². The van der Waals surface area contributed by atoms with Gasteiger partial charge in [-0.25, -0.2) is 0 Å². The Labute approximate surface area is 99.0 Å². The molecule has 84 valence electrons. The highest BCUT2D eigenvalue weighted by molar-refractivity contribution is 7.27. The fraction of sp³-hybridized carbons (Fsp3) is 0.385. The topological polar surface area (TPSA) is 21.3 Å². The molecule has 1 N–H and O–H groups in total. The molecule has 0 fully saturated rings. The molecule has 1 atom stereocenters. The van der Waals surface area contributed by atoms with Gasteiger partial charge in [0, 0.05) is 12.0 Å². The second-order valence-corrected chi connectivity index (χ2v) is 5.23. The monoisotopic (exact) mass is 233 g/mol. The average Bonchev–Trinajstić information content (AvgIpc) is 2.54. The number of nitrogens with one attached hydrogen (secondary N) is 1. The van der Waals surface area contributed by atoms with Crippen molar-refractivity contribution in [1.82, 2.24) is 0 Å². The number of terminal acetylenes is 1. The molecule has 2 rings (SSSR count). The predicted octanol–water partition coefficient (Wildman–Crippen LogP) is 1.95. The minimum Gasteiger partial charge on any atom is -0.485 e. The van der Waals surface area contributed by atoms with Crippen LogP contribution in [0.15, 0.2) is 12.1 Å². The van der Waals surface area contributed by atoms with Crippen molar-refractivity contribution in [3.05, 3.63) is 17.7 Å². The predicted molar refractivity (Wildman–Crippen MR) is 71.5 cm³/mol. The summed E-state index contributed by atoms with van der Waals surface area (Å²) in [5.41, 5.74) is 2.13. The summed E-state index contributed by atoms with van der Waals surface area (Å²) >= 11 is 0. The summed E-state index contributed by atoms with van der Waals surface area (Å²) in [4.78, 5) is 0. The molecule has 16 heavy (non-hydrogen) atoms. The van der Waals surface area contributed by atoms with Gasteiger partial charge >= 0.3 is 0 Å². The van der Waals surface area contributed by atoms with Crippen molar-refractivity contribution < 1.29 is 4.74 Å². The van der Waals surface area contributed by atoms with Crippen LogP contribution in [0.1, 0.15) is 19.4 Å². The van der Waals surface area contributed by atoms with E-state index >= 15 is 0 Å². The summed E-state index contributed by atoms with van der Waals surface area (Å²) in [6.07, 6.45) is 6.18. The summed E-state index contributed by atoms with van der Waals surface area (Å²) < 4.78 is 5.96. The molecule has 0 saturated carbocycles. The van der Waals surface area contributed by atoms with Gasteiger partial charge in [0.1, 0.15) is 11.4 Å². The van der Waals surface area contributed by atoms with Crippen molar-refractivity contribution in [3.63, 3.8) is 0 Å². The third kappa shape index (κ3) is 2.01. The Kier molecular flexibility index (Phi) is 2.82. The minimum atomic E-state index is -0.123. The van der Waals surface area contributed by atoms with Crippen LogP contribution < -0.4 is 15.4 Å². The van der Waals surface area contributed by atoms with Crippen molar-refractivity contribution >= 4 is 20.2 Å². The molecule has 1 aromatic carbocycles. The van der Waals surface area contributed by atoms with Crippen molar-refractivity contribution in [3.8, 4) is 18.1 Å². The zero-order valence-corrected chi connectivity index (χ0v) is 10.8. The van der Waals surface area contributed by atoms with E-state index in [4.69, 9.17) is 11.2 Å². The van der Waals surface area contributed by atoms with E-state index in [1.807, 2.05) is 6.07 Å². The number of rotatable bonds is 2. The maximum absolute atomic E-state index is 5.96. The highest BCUT2D eigenvalue weighted by Gasteiger charge is 2.32. The molecule has 0 amide bonds. The van der Waals surface area contributed by atoms with Crippen LogP contribution in [-0.2, 0) is 6.42 Å². The van der Waals surface area contributed by atoms with Gasteiger partial charge in [-0.1, -0.05) is 12.0 Å². The van der Waals surface area contributed by atoms with Gasteiger partial charge in [0.05, 0.1) is 12.2 Å². The van der Waals surface area contributed by atoms with Crippen molar-refractivity contribution in [2.45, 2.75) is 25.9 Å². The second-order valence-electron chi connectivity index (χ2n) is 4.61. The summed E-state index contributed by atoms with van der Waals surface area (Å²) in [6, 6.07) is 4.09. The normalized spacial score (nSPS) is 16.1. The number of hydrogen-bond donors (Lipinski definition) is 1. The number of hydrogen-bond acceptors (Lipinski definition) is 2. The lowest BCUT2D eigenvalue weighted by Gasteiger charge is -2.18. The zero-order valence-electron chi connectivity index (χ0n) is 9.63. The highest BCUT2D eigenvalue weighted by atomic mass is 31.0. The van der Waals surface area contributed by atoms with Crippen molar-refractivity contribution in [2.75, 3.05) is 11.9 Å². The van der Waals surface area contributed by atoms with Crippen LogP contribution in [0.2, 0.25) is 0 Å². The van der Waals surface area contributed by atoms with Crippen LogP contribution >= 0.6 is 9.24 Å². The lowest BCUT2D eigenvalue weighted by molar-refractivity contribution is 0.139. The van der Waals surface area contributed by atoms with Gasteiger partial charge in [-0.05, 0) is 25.2 Å². The van der Waals surface area contributed by atoms with Gasteiger partial charge in [0.2, 0.25) is 0 Å². The van der Waals surface area contributed by atoms with Crippen LogP contribution in [0.4, 0.5) is 5.69 Å². The molecule has 0 spiro atoms. The van der Waals surface area contributed by atoms with Gasteiger partial charge in [-0.3, -0.25) is 0 Å². The first-order valence-corrected chi connectivity index (χ1v) is 5.89. The van der Waals surface area contributed by atoms with Crippen LogP contribution in [-0.4, -0.2) is 12.1 Å². The van der Waals surface area contributed by atoms with Crippen LogP contribution in [0.25, 0.3) is 0 Å². The summed E-state index contributed by atoms with van der Waals surface area (Å²) in [6.45, 7) is 4.72. The molecule has 0 saturated heterocycles. The first-order valence-electron chi connectivity index (χ1n) is 5.31. The Morgan fingerprint density at radius 3 is 3.00 bits per heavy atom. The Bertz CT molecular complexity index is 460. The standard InChI is InChI=1S/C13H16NOP/c1-4-7-14-10-5-6-11(16)9-8-13(2,3)15-12(9)10/h1,5-6,14H,7-8,16H2,2-3H3. The molecule has 0 radical (unpaired) electrons. The third-order valence-electron chi connectivity index (χ3n) is 2.66. The second kappa shape index (κ2) is 4.00. The zero-order chi connectivity index (χ0) is 11.8. The first-order chi connectivity index (χ1) is 7.53. The maximum atomic E-state index is 5.96. The van der Waals surface area contributed by atoms with Gasteiger partial charge in [-0.2, -0.15) is 0 Å². The van der Waals surface area contributed by atoms with Gasteiger partial charge in [0.15, 0.2) is 0 Å². The van der Waals surface area contributed by atoms with Crippen molar-refractivity contribution in [1.29, 1.82) is 0 Å². The molecule has 1 aromatic rings. The fourth-order valence-electron chi connectivity index (χ4n) is 1.97. The average molecular weight is 233 g/mol. The molecule has 1 heterocycles. The van der Waals surface area contributed by atoms with Crippen molar-refractivity contribution in [2.24, 2.45) is 0 Å². The molecule has 3 heteroatoms.